The summed E-state index contributed by atoms with van der Waals surface area (Å²) >= 11 is 0. The van der Waals surface area contributed by atoms with Gasteiger partial charge in [0.2, 0.25) is 0 Å². The van der Waals surface area contributed by atoms with Gasteiger partial charge in [0.1, 0.15) is 0 Å². The first-order valence-corrected chi connectivity index (χ1v) is 9.88. The van der Waals surface area contributed by atoms with E-state index in [1.54, 1.807) is 0 Å². The summed E-state index contributed by atoms with van der Waals surface area (Å²) in [7, 11) is 0. The van der Waals surface area contributed by atoms with Crippen molar-refractivity contribution in [2.24, 2.45) is 0 Å². The Morgan fingerprint density at radius 1 is 1.07 bits per heavy atom. The number of nitrogens with zero attached hydrogens (tertiary/aromatic N) is 5. The molecule has 1 aromatic heterocycles. The van der Waals surface area contributed by atoms with Gasteiger partial charge < -0.3 is 9.64 Å². The third-order valence-electron chi connectivity index (χ3n) is 6.25. The second kappa shape index (κ2) is 7.05. The van der Waals surface area contributed by atoms with Crippen LogP contribution < -0.4 is 0 Å². The van der Waals surface area contributed by atoms with Crippen LogP contribution in [0.2, 0.25) is 0 Å². The molecule has 0 radical (unpaired) electrons. The molecular weight excluding hydrogens is 342 g/mol. The maximum absolute atomic E-state index is 12.7. The molecule has 0 N–H and O–H groups in total. The zero-order valence-electron chi connectivity index (χ0n) is 15.4. The number of benzene rings is 1. The molecule has 1 aromatic carbocycles. The monoisotopic (exact) mass is 367 g/mol. The first-order chi connectivity index (χ1) is 13.3. The molecule has 0 aliphatic carbocycles. The minimum atomic E-state index is 0.153. The van der Waals surface area contributed by atoms with Crippen molar-refractivity contribution in [2.45, 2.75) is 44.1 Å². The first-order valence-electron chi connectivity index (χ1n) is 9.88. The Morgan fingerprint density at radius 3 is 2.70 bits per heavy atom. The zero-order valence-corrected chi connectivity index (χ0v) is 15.4. The molecule has 0 spiro atoms. The smallest absolute Gasteiger partial charge is 0.253 e. The van der Waals surface area contributed by atoms with Gasteiger partial charge in [0.05, 0.1) is 30.6 Å². The molecule has 1 amide bonds. The summed E-state index contributed by atoms with van der Waals surface area (Å²) in [6.45, 7) is 4.29. The van der Waals surface area contributed by atoms with Crippen LogP contribution in [0.4, 0.5) is 0 Å². The molecule has 0 saturated carbocycles. The van der Waals surface area contributed by atoms with E-state index in [2.05, 4.69) is 19.9 Å². The van der Waals surface area contributed by atoms with Crippen LogP contribution in [0, 0.1) is 0 Å². The average molecular weight is 367 g/mol. The lowest BCUT2D eigenvalue weighted by Gasteiger charge is -2.46. The standard InChI is InChI=1S/C20H25N5O2/c26-20(15-4-2-1-3-5-15)23-9-6-16(7-10-23)24-11-8-19-18(13-24)25-17(14-27-19)12-21-22-25/h1-5,12,16,18-19H,6-11,13-14H2/t18-,19-/m0/s1. The molecule has 5 rings (SSSR count). The Labute approximate surface area is 158 Å². The normalized spacial score (nSPS) is 26.4. The van der Waals surface area contributed by atoms with Gasteiger partial charge in [-0.15, -0.1) is 5.10 Å². The van der Waals surface area contributed by atoms with E-state index in [4.69, 9.17) is 4.74 Å². The fraction of sp³-hybridized carbons (Fsp3) is 0.550. The minimum absolute atomic E-state index is 0.153. The molecule has 0 unspecified atom stereocenters. The van der Waals surface area contributed by atoms with E-state index >= 15 is 0 Å². The first kappa shape index (κ1) is 16.9. The van der Waals surface area contributed by atoms with Crippen molar-refractivity contribution in [3.05, 3.63) is 47.8 Å². The van der Waals surface area contributed by atoms with Gasteiger partial charge in [0, 0.05) is 37.8 Å². The molecule has 3 aliphatic rings. The summed E-state index contributed by atoms with van der Waals surface area (Å²) in [6.07, 6.45) is 5.15. The van der Waals surface area contributed by atoms with E-state index in [1.165, 1.54) is 0 Å². The summed E-state index contributed by atoms with van der Waals surface area (Å²) in [5.41, 5.74) is 1.86. The largest absolute Gasteiger partial charge is 0.370 e. The van der Waals surface area contributed by atoms with Gasteiger partial charge in [-0.1, -0.05) is 23.4 Å². The summed E-state index contributed by atoms with van der Waals surface area (Å²) in [5, 5.41) is 8.36. The van der Waals surface area contributed by atoms with Crippen molar-refractivity contribution in [3.63, 3.8) is 0 Å². The Balaban J connectivity index is 1.21. The number of amides is 1. The highest BCUT2D eigenvalue weighted by Gasteiger charge is 2.39. The van der Waals surface area contributed by atoms with Gasteiger partial charge in [-0.25, -0.2) is 4.68 Å². The molecule has 7 heteroatoms. The molecule has 27 heavy (non-hydrogen) atoms. The Bertz CT molecular complexity index is 800. The molecule has 142 valence electrons. The lowest BCUT2D eigenvalue weighted by atomic mass is 9.95. The molecule has 0 bridgehead atoms. The van der Waals surface area contributed by atoms with Crippen LogP contribution in [0.5, 0.6) is 0 Å². The third kappa shape index (κ3) is 3.15. The highest BCUT2D eigenvalue weighted by Crippen LogP contribution is 2.32. The van der Waals surface area contributed by atoms with Crippen molar-refractivity contribution in [3.8, 4) is 0 Å². The third-order valence-corrected chi connectivity index (χ3v) is 6.25. The number of carbonyl (C=O) groups excluding carboxylic acids is 1. The molecule has 2 fully saturated rings. The number of ether oxygens (including phenoxy) is 1. The Morgan fingerprint density at radius 2 is 1.89 bits per heavy atom. The second-order valence-corrected chi connectivity index (χ2v) is 7.76. The van der Waals surface area contributed by atoms with Crippen LogP contribution in [0.15, 0.2) is 36.5 Å². The number of hydrogen-bond donors (Lipinski definition) is 0. The topological polar surface area (TPSA) is 63.5 Å². The van der Waals surface area contributed by atoms with E-state index in [9.17, 15) is 4.79 Å². The number of likely N-dealkylation sites (tertiary alicyclic amines) is 2. The number of piperidine rings is 2. The van der Waals surface area contributed by atoms with Gasteiger partial charge in [-0.3, -0.25) is 9.69 Å². The highest BCUT2D eigenvalue weighted by atomic mass is 16.5. The van der Waals surface area contributed by atoms with Crippen molar-refractivity contribution in [1.29, 1.82) is 0 Å². The van der Waals surface area contributed by atoms with Crippen molar-refractivity contribution in [2.75, 3.05) is 26.2 Å². The fourth-order valence-electron chi connectivity index (χ4n) is 4.73. The van der Waals surface area contributed by atoms with Gasteiger partial charge in [0.25, 0.3) is 5.91 Å². The van der Waals surface area contributed by atoms with Crippen molar-refractivity contribution in [1.82, 2.24) is 24.8 Å². The molecule has 2 aromatic rings. The van der Waals surface area contributed by atoms with Gasteiger partial charge >= 0.3 is 0 Å². The molecule has 4 heterocycles. The number of aromatic nitrogens is 3. The quantitative estimate of drug-likeness (QED) is 0.809. The Kier molecular flexibility index (Phi) is 4.41. The van der Waals surface area contributed by atoms with Crippen LogP contribution in [0.25, 0.3) is 0 Å². The lowest BCUT2D eigenvalue weighted by molar-refractivity contribution is -0.0757. The van der Waals surface area contributed by atoms with E-state index in [-0.39, 0.29) is 18.1 Å². The van der Waals surface area contributed by atoms with Gasteiger partial charge in [0.15, 0.2) is 0 Å². The highest BCUT2D eigenvalue weighted by molar-refractivity contribution is 5.94. The number of hydrogen-bond acceptors (Lipinski definition) is 5. The summed E-state index contributed by atoms with van der Waals surface area (Å²) in [4.78, 5) is 17.2. The van der Waals surface area contributed by atoms with Crippen LogP contribution in [0.3, 0.4) is 0 Å². The van der Waals surface area contributed by atoms with Crippen LogP contribution >= 0.6 is 0 Å². The summed E-state index contributed by atoms with van der Waals surface area (Å²) in [6, 6.07) is 10.4. The number of rotatable bonds is 2. The van der Waals surface area contributed by atoms with Crippen LogP contribution in [-0.4, -0.2) is 69.0 Å². The van der Waals surface area contributed by atoms with Crippen LogP contribution in [-0.2, 0) is 11.3 Å². The molecular formula is C20H25N5O2. The van der Waals surface area contributed by atoms with E-state index < -0.39 is 0 Å². The maximum atomic E-state index is 12.7. The van der Waals surface area contributed by atoms with Crippen molar-refractivity contribution >= 4 is 5.91 Å². The summed E-state index contributed by atoms with van der Waals surface area (Å²) < 4.78 is 8.08. The Hall–Kier alpha value is -2.25. The minimum Gasteiger partial charge on any atom is -0.370 e. The van der Waals surface area contributed by atoms with E-state index in [1.807, 2.05) is 41.4 Å². The van der Waals surface area contributed by atoms with Gasteiger partial charge in [-0.2, -0.15) is 0 Å². The zero-order chi connectivity index (χ0) is 18.2. The lowest BCUT2D eigenvalue weighted by Crippen LogP contribution is -2.54. The SMILES string of the molecule is O=C(c1ccccc1)N1CCC(N2CC[C@@H]3OCc4cnnn4[C@H]3C2)CC1. The molecule has 7 nitrogen and oxygen atoms in total. The second-order valence-electron chi connectivity index (χ2n) is 7.76. The van der Waals surface area contributed by atoms with E-state index in [0.717, 1.165) is 56.7 Å². The molecule has 2 saturated heterocycles. The van der Waals surface area contributed by atoms with Crippen LogP contribution in [0.1, 0.15) is 41.4 Å². The molecule has 2 atom stereocenters. The molecule has 3 aliphatic heterocycles. The van der Waals surface area contributed by atoms with E-state index in [0.29, 0.717) is 12.6 Å². The van der Waals surface area contributed by atoms with Crippen molar-refractivity contribution < 1.29 is 9.53 Å². The maximum Gasteiger partial charge on any atom is 0.253 e. The fourth-order valence-corrected chi connectivity index (χ4v) is 4.73. The van der Waals surface area contributed by atoms with Gasteiger partial charge in [-0.05, 0) is 31.4 Å². The average Bonchev–Trinajstić information content (AvgIpc) is 3.23. The predicted molar refractivity (Wildman–Crippen MR) is 99.2 cm³/mol. The number of fused-ring (bicyclic) bond motifs is 3. The number of carbonyl (C=O) groups is 1. The summed E-state index contributed by atoms with van der Waals surface area (Å²) in [5.74, 6) is 0.153. The predicted octanol–water partition coefficient (Wildman–Crippen LogP) is 1.73.